The van der Waals surface area contributed by atoms with E-state index in [1.807, 2.05) is 0 Å². The first kappa shape index (κ1) is 10.9. The van der Waals surface area contributed by atoms with Crippen LogP contribution < -0.4 is 4.90 Å². The van der Waals surface area contributed by atoms with Crippen molar-refractivity contribution in [1.82, 2.24) is 9.78 Å². The average Bonchev–Trinajstić information content (AvgIpc) is 2.69. The maximum Gasteiger partial charge on any atom is 0.341 e. The number of aryl methyl sites for hydroxylation is 1. The number of nitrogens with zero attached hydrogens (tertiary/aromatic N) is 3. The maximum atomic E-state index is 11.6. The van der Waals surface area contributed by atoms with E-state index in [0.29, 0.717) is 12.4 Å². The molecule has 0 bridgehead atoms. The van der Waals surface area contributed by atoms with Crippen LogP contribution in [-0.4, -0.2) is 38.7 Å². The van der Waals surface area contributed by atoms with Crippen molar-refractivity contribution in [2.24, 2.45) is 7.05 Å². The number of anilines is 1. The molecular formula is C9H10ClN3O3. The topological polar surface area (TPSA) is 75.4 Å². The largest absolute Gasteiger partial charge is 0.477 e. The second kappa shape index (κ2) is 3.79. The average molecular weight is 244 g/mol. The molecule has 0 spiro atoms. The Morgan fingerprint density at radius 3 is 2.88 bits per heavy atom. The summed E-state index contributed by atoms with van der Waals surface area (Å²) < 4.78 is 1.37. The van der Waals surface area contributed by atoms with Gasteiger partial charge in [-0.05, 0) is 0 Å². The minimum absolute atomic E-state index is 0.0154. The number of amides is 1. The molecule has 1 amide bonds. The van der Waals surface area contributed by atoms with E-state index in [-0.39, 0.29) is 23.3 Å². The summed E-state index contributed by atoms with van der Waals surface area (Å²) in [6, 6.07) is 0. The van der Waals surface area contributed by atoms with Gasteiger partial charge in [0.25, 0.3) is 0 Å². The first-order valence-electron chi connectivity index (χ1n) is 4.70. The van der Waals surface area contributed by atoms with Crippen molar-refractivity contribution in [2.45, 2.75) is 11.8 Å². The SMILES string of the molecule is Cn1ncc(C(=O)O)c1N1CC(Cl)CC1=O. The summed E-state index contributed by atoms with van der Waals surface area (Å²) in [5, 5.41) is 12.5. The zero-order valence-electron chi connectivity index (χ0n) is 8.55. The fourth-order valence-corrected chi connectivity index (χ4v) is 2.04. The van der Waals surface area contributed by atoms with E-state index < -0.39 is 5.97 Å². The number of carbonyl (C=O) groups excluding carboxylic acids is 1. The number of carbonyl (C=O) groups is 2. The summed E-state index contributed by atoms with van der Waals surface area (Å²) in [7, 11) is 1.59. The lowest BCUT2D eigenvalue weighted by molar-refractivity contribution is -0.117. The van der Waals surface area contributed by atoms with Crippen molar-refractivity contribution in [3.63, 3.8) is 0 Å². The summed E-state index contributed by atoms with van der Waals surface area (Å²) in [5.41, 5.74) is 0.0154. The third-order valence-electron chi connectivity index (χ3n) is 2.47. The Morgan fingerprint density at radius 2 is 2.38 bits per heavy atom. The Balaban J connectivity index is 2.43. The van der Waals surface area contributed by atoms with Crippen molar-refractivity contribution >= 4 is 29.3 Å². The molecular weight excluding hydrogens is 234 g/mol. The van der Waals surface area contributed by atoms with Crippen LogP contribution in [0.5, 0.6) is 0 Å². The number of carboxylic acid groups (broad SMARTS) is 1. The van der Waals surface area contributed by atoms with Gasteiger partial charge >= 0.3 is 5.97 Å². The summed E-state index contributed by atoms with van der Waals surface area (Å²) in [4.78, 5) is 23.9. The second-order valence-electron chi connectivity index (χ2n) is 3.62. The molecule has 1 atom stereocenters. The van der Waals surface area contributed by atoms with E-state index in [4.69, 9.17) is 16.7 Å². The molecule has 0 radical (unpaired) electrons. The first-order valence-corrected chi connectivity index (χ1v) is 5.14. The third kappa shape index (κ3) is 1.65. The minimum atomic E-state index is -1.10. The fraction of sp³-hybridized carbons (Fsp3) is 0.444. The number of aromatic carboxylic acids is 1. The van der Waals surface area contributed by atoms with Gasteiger partial charge in [0, 0.05) is 20.0 Å². The van der Waals surface area contributed by atoms with E-state index in [0.717, 1.165) is 0 Å². The van der Waals surface area contributed by atoms with Crippen LogP contribution >= 0.6 is 11.6 Å². The predicted molar refractivity (Wildman–Crippen MR) is 56.8 cm³/mol. The lowest BCUT2D eigenvalue weighted by Gasteiger charge is -2.16. The zero-order valence-corrected chi connectivity index (χ0v) is 9.31. The molecule has 0 aromatic carbocycles. The van der Waals surface area contributed by atoms with Crippen LogP contribution in [0.1, 0.15) is 16.8 Å². The van der Waals surface area contributed by atoms with Crippen LogP contribution in [0.25, 0.3) is 0 Å². The quantitative estimate of drug-likeness (QED) is 0.766. The number of halogens is 1. The van der Waals surface area contributed by atoms with Gasteiger partial charge in [-0.15, -0.1) is 11.6 Å². The van der Waals surface area contributed by atoms with Gasteiger partial charge < -0.3 is 5.11 Å². The van der Waals surface area contributed by atoms with Crippen molar-refractivity contribution < 1.29 is 14.7 Å². The Bertz CT molecular complexity index is 457. The Hall–Kier alpha value is -1.56. The van der Waals surface area contributed by atoms with Crippen molar-refractivity contribution in [3.8, 4) is 0 Å². The molecule has 1 aliphatic rings. The van der Waals surface area contributed by atoms with Gasteiger partial charge in [-0.2, -0.15) is 5.10 Å². The van der Waals surface area contributed by atoms with Crippen LogP contribution in [0.15, 0.2) is 6.20 Å². The number of hydrogen-bond acceptors (Lipinski definition) is 3. The van der Waals surface area contributed by atoms with Crippen LogP contribution in [0.2, 0.25) is 0 Å². The molecule has 6 nitrogen and oxygen atoms in total. The van der Waals surface area contributed by atoms with Crippen LogP contribution in [0.4, 0.5) is 5.82 Å². The number of alkyl halides is 1. The normalized spacial score (nSPS) is 20.5. The molecule has 1 aromatic rings. The molecule has 16 heavy (non-hydrogen) atoms. The number of aromatic nitrogens is 2. The van der Waals surface area contributed by atoms with Gasteiger partial charge in [0.1, 0.15) is 11.4 Å². The highest BCUT2D eigenvalue weighted by Gasteiger charge is 2.33. The van der Waals surface area contributed by atoms with Gasteiger partial charge in [-0.25, -0.2) is 4.79 Å². The van der Waals surface area contributed by atoms with E-state index in [9.17, 15) is 9.59 Å². The van der Waals surface area contributed by atoms with Gasteiger partial charge in [-0.3, -0.25) is 14.4 Å². The molecule has 0 saturated carbocycles. The van der Waals surface area contributed by atoms with Gasteiger partial charge in [-0.1, -0.05) is 0 Å². The fourth-order valence-electron chi connectivity index (χ4n) is 1.77. The molecule has 1 aliphatic heterocycles. The van der Waals surface area contributed by atoms with Crippen LogP contribution in [0.3, 0.4) is 0 Å². The molecule has 1 unspecified atom stereocenters. The lowest BCUT2D eigenvalue weighted by atomic mass is 10.3. The Labute approximate surface area is 96.4 Å². The van der Waals surface area contributed by atoms with E-state index >= 15 is 0 Å². The summed E-state index contributed by atoms with van der Waals surface area (Å²) in [5.74, 6) is -0.985. The van der Waals surface area contributed by atoms with Crippen molar-refractivity contribution in [2.75, 3.05) is 11.4 Å². The Kier molecular flexibility index (Phi) is 2.59. The van der Waals surface area contributed by atoms with E-state index in [1.165, 1.54) is 15.8 Å². The smallest absolute Gasteiger partial charge is 0.341 e. The molecule has 1 N–H and O–H groups in total. The molecule has 2 rings (SSSR count). The Morgan fingerprint density at radius 1 is 1.69 bits per heavy atom. The highest BCUT2D eigenvalue weighted by Crippen LogP contribution is 2.26. The zero-order chi connectivity index (χ0) is 11.9. The summed E-state index contributed by atoms with van der Waals surface area (Å²) >= 11 is 5.86. The second-order valence-corrected chi connectivity index (χ2v) is 4.23. The van der Waals surface area contributed by atoms with Gasteiger partial charge in [0.15, 0.2) is 0 Å². The molecule has 1 saturated heterocycles. The lowest BCUT2D eigenvalue weighted by Crippen LogP contribution is -2.28. The van der Waals surface area contributed by atoms with E-state index in [2.05, 4.69) is 5.10 Å². The van der Waals surface area contributed by atoms with Crippen molar-refractivity contribution in [1.29, 1.82) is 0 Å². The first-order chi connectivity index (χ1) is 7.50. The molecule has 1 aromatic heterocycles. The number of hydrogen-bond donors (Lipinski definition) is 1. The summed E-state index contributed by atoms with van der Waals surface area (Å²) in [6.07, 6.45) is 1.46. The standard InChI is InChI=1S/C9H10ClN3O3/c1-12-8(6(3-11-12)9(15)16)13-4-5(10)2-7(13)14/h3,5H,2,4H2,1H3,(H,15,16). The van der Waals surface area contributed by atoms with Crippen LogP contribution in [-0.2, 0) is 11.8 Å². The highest BCUT2D eigenvalue weighted by atomic mass is 35.5. The number of rotatable bonds is 2. The number of carboxylic acids is 1. The predicted octanol–water partition coefficient (Wildman–Crippen LogP) is 0.462. The van der Waals surface area contributed by atoms with Gasteiger partial charge in [0.05, 0.1) is 11.6 Å². The third-order valence-corrected chi connectivity index (χ3v) is 2.76. The maximum absolute atomic E-state index is 11.6. The highest BCUT2D eigenvalue weighted by molar-refractivity contribution is 6.24. The molecule has 7 heteroatoms. The molecule has 0 aliphatic carbocycles. The van der Waals surface area contributed by atoms with Gasteiger partial charge in [0.2, 0.25) is 5.91 Å². The molecule has 86 valence electrons. The molecule has 1 fully saturated rings. The monoisotopic (exact) mass is 243 g/mol. The van der Waals surface area contributed by atoms with Crippen molar-refractivity contribution in [3.05, 3.63) is 11.8 Å². The summed E-state index contributed by atoms with van der Waals surface area (Å²) in [6.45, 7) is 0.320. The van der Waals surface area contributed by atoms with E-state index in [1.54, 1.807) is 7.05 Å². The van der Waals surface area contributed by atoms with Crippen LogP contribution in [0, 0.1) is 0 Å². The molecule has 2 heterocycles. The minimum Gasteiger partial charge on any atom is -0.477 e.